The number of hydrogen-bond donors (Lipinski definition) is 1. The maximum atomic E-state index is 12.1. The van der Waals surface area contributed by atoms with Gasteiger partial charge in [-0.3, -0.25) is 4.79 Å². The largest absolute Gasteiger partial charge is 0.493 e. The molecular weight excluding hydrogens is 448 g/mol. The van der Waals surface area contributed by atoms with Crippen molar-refractivity contribution in [3.8, 4) is 11.5 Å². The number of benzene rings is 2. The van der Waals surface area contributed by atoms with Crippen LogP contribution in [0.15, 0.2) is 58.8 Å². The van der Waals surface area contributed by atoms with Crippen LogP contribution in [0.2, 0.25) is 5.02 Å². The van der Waals surface area contributed by atoms with Gasteiger partial charge in [0.2, 0.25) is 0 Å². The van der Waals surface area contributed by atoms with Crippen molar-refractivity contribution in [3.05, 3.63) is 76.1 Å². The normalized spacial score (nSPS) is 10.9. The number of thioether (sulfide) groups is 1. The van der Waals surface area contributed by atoms with Crippen LogP contribution in [-0.4, -0.2) is 35.0 Å². The van der Waals surface area contributed by atoms with Gasteiger partial charge in [0.1, 0.15) is 6.61 Å². The Morgan fingerprint density at radius 1 is 1.16 bits per heavy atom. The van der Waals surface area contributed by atoms with Crippen LogP contribution in [0.4, 0.5) is 0 Å². The van der Waals surface area contributed by atoms with Crippen LogP contribution in [0.1, 0.15) is 22.5 Å². The van der Waals surface area contributed by atoms with E-state index in [4.69, 9.17) is 21.1 Å². The van der Waals surface area contributed by atoms with Crippen molar-refractivity contribution in [1.82, 2.24) is 15.4 Å². The van der Waals surface area contributed by atoms with Crippen LogP contribution >= 0.6 is 23.4 Å². The molecule has 0 fully saturated rings. The molecule has 0 bridgehead atoms. The number of aromatic nitrogens is 2. The molecule has 1 aromatic heterocycles. The number of carbonyl (C=O) groups excluding carboxylic acids is 1. The third kappa shape index (κ3) is 6.96. The van der Waals surface area contributed by atoms with Crippen molar-refractivity contribution in [1.29, 1.82) is 0 Å². The highest BCUT2D eigenvalue weighted by Crippen LogP contribution is 2.36. The van der Waals surface area contributed by atoms with Crippen LogP contribution in [-0.2, 0) is 11.4 Å². The van der Waals surface area contributed by atoms with Gasteiger partial charge in [0, 0.05) is 11.4 Å². The van der Waals surface area contributed by atoms with Crippen LogP contribution in [0.5, 0.6) is 11.5 Å². The first-order valence-corrected chi connectivity index (χ1v) is 11.1. The first kappa shape index (κ1) is 23.6. The van der Waals surface area contributed by atoms with E-state index in [1.807, 2.05) is 50.2 Å². The number of methoxy groups -OCH3 is 1. The van der Waals surface area contributed by atoms with Gasteiger partial charge in [0.05, 0.1) is 24.1 Å². The standard InChI is InChI=1S/C23H23ClN4O3S/c1-15-9-16(2)27-23(26-15)32-14-21(29)28-25-12-18-10-19(24)22(20(11-18)30-3)31-13-17-7-5-4-6-8-17/h4-12H,13-14H2,1-3H3,(H,28,29)/b25-12-. The molecule has 7 nitrogen and oxygen atoms in total. The van der Waals surface area contributed by atoms with E-state index in [1.54, 1.807) is 12.1 Å². The van der Waals surface area contributed by atoms with Gasteiger partial charge in [-0.05, 0) is 43.2 Å². The molecule has 0 aliphatic carbocycles. The quantitative estimate of drug-likeness (QED) is 0.213. The van der Waals surface area contributed by atoms with Gasteiger partial charge in [0.15, 0.2) is 16.7 Å². The molecule has 1 heterocycles. The Bertz CT molecular complexity index is 1090. The van der Waals surface area contributed by atoms with Crippen LogP contribution < -0.4 is 14.9 Å². The number of hydrogen-bond acceptors (Lipinski definition) is 7. The van der Waals surface area contributed by atoms with Gasteiger partial charge in [-0.1, -0.05) is 53.7 Å². The summed E-state index contributed by atoms with van der Waals surface area (Å²) in [6.45, 7) is 4.14. The van der Waals surface area contributed by atoms with Crippen LogP contribution in [0.25, 0.3) is 0 Å². The van der Waals surface area contributed by atoms with Crippen LogP contribution in [0.3, 0.4) is 0 Å². The summed E-state index contributed by atoms with van der Waals surface area (Å²) in [6, 6.07) is 15.1. The predicted molar refractivity (Wildman–Crippen MR) is 127 cm³/mol. The fourth-order valence-electron chi connectivity index (χ4n) is 2.78. The maximum absolute atomic E-state index is 12.1. The minimum absolute atomic E-state index is 0.149. The van der Waals surface area contributed by atoms with E-state index in [-0.39, 0.29) is 11.7 Å². The molecule has 2 aromatic carbocycles. The lowest BCUT2D eigenvalue weighted by molar-refractivity contribution is -0.118. The minimum atomic E-state index is -0.269. The first-order chi connectivity index (χ1) is 15.4. The Kier molecular flexibility index (Phi) is 8.47. The lowest BCUT2D eigenvalue weighted by Gasteiger charge is -2.13. The zero-order valence-corrected chi connectivity index (χ0v) is 19.5. The second-order valence-electron chi connectivity index (χ2n) is 6.82. The van der Waals surface area contributed by atoms with Crippen LogP contribution in [0, 0.1) is 13.8 Å². The summed E-state index contributed by atoms with van der Waals surface area (Å²) in [6.07, 6.45) is 1.49. The molecular formula is C23H23ClN4O3S. The molecule has 32 heavy (non-hydrogen) atoms. The molecule has 9 heteroatoms. The summed E-state index contributed by atoms with van der Waals surface area (Å²) in [5.41, 5.74) is 5.88. The molecule has 0 atom stereocenters. The second kappa shape index (κ2) is 11.5. The highest BCUT2D eigenvalue weighted by atomic mass is 35.5. The van der Waals surface area contributed by atoms with Gasteiger partial charge in [-0.25, -0.2) is 15.4 Å². The summed E-state index contributed by atoms with van der Waals surface area (Å²) in [5.74, 6) is 0.805. The summed E-state index contributed by atoms with van der Waals surface area (Å²) in [4.78, 5) is 20.7. The molecule has 3 rings (SSSR count). The third-order valence-electron chi connectivity index (χ3n) is 4.17. The number of ether oxygens (including phenoxy) is 2. The Balaban J connectivity index is 1.57. The summed E-state index contributed by atoms with van der Waals surface area (Å²) >= 11 is 7.64. The number of hydrazone groups is 1. The molecule has 0 spiro atoms. The molecule has 0 aliphatic heterocycles. The summed E-state index contributed by atoms with van der Waals surface area (Å²) in [7, 11) is 1.54. The third-order valence-corrected chi connectivity index (χ3v) is 5.30. The Morgan fingerprint density at radius 3 is 2.56 bits per heavy atom. The molecule has 0 aliphatic rings. The van der Waals surface area contributed by atoms with Crippen molar-refractivity contribution in [2.24, 2.45) is 5.10 Å². The number of nitrogens with zero attached hydrogens (tertiary/aromatic N) is 3. The van der Waals surface area contributed by atoms with E-state index in [9.17, 15) is 4.79 Å². The molecule has 0 saturated carbocycles. The molecule has 1 N–H and O–H groups in total. The lowest BCUT2D eigenvalue weighted by atomic mass is 10.2. The average molecular weight is 471 g/mol. The number of amides is 1. The lowest BCUT2D eigenvalue weighted by Crippen LogP contribution is -2.19. The van der Waals surface area contributed by atoms with E-state index in [0.29, 0.717) is 33.8 Å². The number of nitrogens with one attached hydrogen (secondary N) is 1. The molecule has 0 radical (unpaired) electrons. The smallest absolute Gasteiger partial charge is 0.250 e. The number of aryl methyl sites for hydroxylation is 2. The van der Waals surface area contributed by atoms with Gasteiger partial charge in [0.25, 0.3) is 5.91 Å². The zero-order valence-electron chi connectivity index (χ0n) is 18.0. The first-order valence-electron chi connectivity index (χ1n) is 9.76. The topological polar surface area (TPSA) is 85.7 Å². The van der Waals surface area contributed by atoms with Gasteiger partial charge in [-0.15, -0.1) is 0 Å². The van der Waals surface area contributed by atoms with E-state index >= 15 is 0 Å². The van der Waals surface area contributed by atoms with Crippen molar-refractivity contribution in [2.45, 2.75) is 25.6 Å². The van der Waals surface area contributed by atoms with Crippen molar-refractivity contribution in [3.63, 3.8) is 0 Å². The second-order valence-corrected chi connectivity index (χ2v) is 8.17. The van der Waals surface area contributed by atoms with Crippen molar-refractivity contribution in [2.75, 3.05) is 12.9 Å². The van der Waals surface area contributed by atoms with Gasteiger partial charge >= 0.3 is 0 Å². The van der Waals surface area contributed by atoms with E-state index < -0.39 is 0 Å². The van der Waals surface area contributed by atoms with E-state index in [0.717, 1.165) is 17.0 Å². The Hall–Kier alpha value is -3.10. The molecule has 3 aromatic rings. The fourth-order valence-corrected chi connectivity index (χ4v) is 3.80. The highest BCUT2D eigenvalue weighted by molar-refractivity contribution is 7.99. The number of rotatable bonds is 9. The molecule has 1 amide bonds. The van der Waals surface area contributed by atoms with Crippen molar-refractivity contribution >= 4 is 35.5 Å². The molecule has 0 saturated heterocycles. The Labute approximate surface area is 196 Å². The zero-order chi connectivity index (χ0) is 22.9. The van der Waals surface area contributed by atoms with Gasteiger partial charge in [-0.2, -0.15) is 5.10 Å². The average Bonchev–Trinajstić information content (AvgIpc) is 2.76. The Morgan fingerprint density at radius 2 is 1.88 bits per heavy atom. The SMILES string of the molecule is COc1cc(/C=N\NC(=O)CSc2nc(C)cc(C)n2)cc(Cl)c1OCc1ccccc1. The minimum Gasteiger partial charge on any atom is -0.493 e. The highest BCUT2D eigenvalue weighted by Gasteiger charge is 2.12. The van der Waals surface area contributed by atoms with Gasteiger partial charge < -0.3 is 9.47 Å². The summed E-state index contributed by atoms with van der Waals surface area (Å²) in [5, 5.41) is 4.94. The monoisotopic (exact) mass is 470 g/mol. The fraction of sp³-hybridized carbons (Fsp3) is 0.217. The molecule has 166 valence electrons. The van der Waals surface area contributed by atoms with E-state index in [2.05, 4.69) is 20.5 Å². The number of halogens is 1. The summed E-state index contributed by atoms with van der Waals surface area (Å²) < 4.78 is 11.3. The maximum Gasteiger partial charge on any atom is 0.250 e. The van der Waals surface area contributed by atoms with Crippen molar-refractivity contribution < 1.29 is 14.3 Å². The predicted octanol–water partition coefficient (Wildman–Crippen LogP) is 4.58. The van der Waals surface area contributed by atoms with E-state index in [1.165, 1.54) is 25.1 Å². The molecule has 0 unspecified atom stereocenters. The number of carbonyl (C=O) groups is 1.